The molecular formula is C13H22N2O4S. The summed E-state index contributed by atoms with van der Waals surface area (Å²) in [6.07, 6.45) is 2.23. The first-order chi connectivity index (χ1) is 9.49. The van der Waals surface area contributed by atoms with Gasteiger partial charge >= 0.3 is 0 Å². The second kappa shape index (κ2) is 8.21. The first-order valence-electron chi connectivity index (χ1n) is 6.41. The Labute approximate surface area is 120 Å². The molecule has 0 amide bonds. The van der Waals surface area contributed by atoms with E-state index >= 15 is 0 Å². The molecule has 0 aliphatic carbocycles. The van der Waals surface area contributed by atoms with Crippen LogP contribution in [0.3, 0.4) is 0 Å². The summed E-state index contributed by atoms with van der Waals surface area (Å²) in [4.78, 5) is 0. The van der Waals surface area contributed by atoms with Gasteiger partial charge < -0.3 is 14.5 Å². The molecule has 0 aliphatic rings. The molecule has 1 unspecified atom stereocenters. The Kier molecular flexibility index (Phi) is 6.94. The maximum atomic E-state index is 12.0. The lowest BCUT2D eigenvalue weighted by Crippen LogP contribution is -2.31. The maximum absolute atomic E-state index is 12.0. The Bertz CT molecular complexity index is 510. The van der Waals surface area contributed by atoms with Crippen molar-refractivity contribution in [3.05, 3.63) is 30.5 Å². The number of hydrogen-bond acceptors (Lipinski definition) is 5. The van der Waals surface area contributed by atoms with E-state index in [1.54, 1.807) is 26.2 Å². The van der Waals surface area contributed by atoms with Gasteiger partial charge in [0.15, 0.2) is 0 Å². The van der Waals surface area contributed by atoms with Crippen LogP contribution in [-0.2, 0) is 21.3 Å². The van der Waals surface area contributed by atoms with Crippen molar-refractivity contribution in [3.63, 3.8) is 0 Å². The third-order valence-electron chi connectivity index (χ3n) is 2.56. The van der Waals surface area contributed by atoms with E-state index < -0.39 is 10.0 Å². The molecule has 1 rings (SSSR count). The summed E-state index contributed by atoms with van der Waals surface area (Å²) in [7, 11) is -1.99. The summed E-state index contributed by atoms with van der Waals surface area (Å²) < 4.78 is 36.8. The highest BCUT2D eigenvalue weighted by Gasteiger charge is 2.20. The Morgan fingerprint density at radius 1 is 1.50 bits per heavy atom. The standard InChI is InChI=1S/C13H22N2O4S/c1-4-5-11(2)15-20(16,17)13-7-6-12(19-13)10-14-8-9-18-3/h4,6-7,11,14-15H,1,5,8-10H2,2-3H3. The minimum Gasteiger partial charge on any atom is -0.447 e. The second-order valence-corrected chi connectivity index (χ2v) is 6.08. The van der Waals surface area contributed by atoms with E-state index in [2.05, 4.69) is 16.6 Å². The van der Waals surface area contributed by atoms with Crippen molar-refractivity contribution >= 4 is 10.0 Å². The molecule has 1 aromatic heterocycles. The van der Waals surface area contributed by atoms with Gasteiger partial charge in [0, 0.05) is 19.7 Å². The molecule has 1 aromatic rings. The topological polar surface area (TPSA) is 80.6 Å². The van der Waals surface area contributed by atoms with Gasteiger partial charge in [0.25, 0.3) is 10.0 Å². The molecule has 0 aromatic carbocycles. The lowest BCUT2D eigenvalue weighted by molar-refractivity contribution is 0.198. The van der Waals surface area contributed by atoms with Crippen molar-refractivity contribution in [2.24, 2.45) is 0 Å². The largest absolute Gasteiger partial charge is 0.447 e. The monoisotopic (exact) mass is 302 g/mol. The van der Waals surface area contributed by atoms with Crippen LogP contribution >= 0.6 is 0 Å². The van der Waals surface area contributed by atoms with Crippen LogP contribution < -0.4 is 10.0 Å². The normalized spacial score (nSPS) is 13.3. The van der Waals surface area contributed by atoms with Crippen molar-refractivity contribution < 1.29 is 17.6 Å². The van der Waals surface area contributed by atoms with E-state index in [0.29, 0.717) is 31.9 Å². The summed E-state index contributed by atoms with van der Waals surface area (Å²) >= 11 is 0. The summed E-state index contributed by atoms with van der Waals surface area (Å²) in [5.41, 5.74) is 0. The molecule has 20 heavy (non-hydrogen) atoms. The van der Waals surface area contributed by atoms with Crippen LogP contribution in [0.25, 0.3) is 0 Å². The number of ether oxygens (including phenoxy) is 1. The van der Waals surface area contributed by atoms with Crippen LogP contribution in [-0.4, -0.2) is 34.7 Å². The zero-order valence-corrected chi connectivity index (χ0v) is 12.7. The smallest absolute Gasteiger partial charge is 0.274 e. The number of furan rings is 1. The molecule has 0 saturated carbocycles. The van der Waals surface area contributed by atoms with E-state index in [1.807, 2.05) is 0 Å². The number of sulfonamides is 1. The molecule has 0 aliphatic heterocycles. The van der Waals surface area contributed by atoms with Gasteiger partial charge in [0.1, 0.15) is 5.76 Å². The van der Waals surface area contributed by atoms with E-state index in [-0.39, 0.29) is 11.1 Å². The van der Waals surface area contributed by atoms with Gasteiger partial charge in [-0.2, -0.15) is 0 Å². The maximum Gasteiger partial charge on any atom is 0.274 e. The van der Waals surface area contributed by atoms with Crippen LogP contribution in [0.1, 0.15) is 19.1 Å². The molecule has 2 N–H and O–H groups in total. The van der Waals surface area contributed by atoms with Gasteiger partial charge in [0.2, 0.25) is 5.09 Å². The zero-order valence-electron chi connectivity index (χ0n) is 11.9. The van der Waals surface area contributed by atoms with Crippen molar-refractivity contribution in [2.45, 2.75) is 31.0 Å². The molecule has 0 fully saturated rings. The SMILES string of the molecule is C=CCC(C)NS(=O)(=O)c1ccc(CNCCOC)o1. The molecule has 0 saturated heterocycles. The quantitative estimate of drug-likeness (QED) is 0.502. The molecule has 0 spiro atoms. The van der Waals surface area contributed by atoms with E-state index in [4.69, 9.17) is 9.15 Å². The number of hydrogen-bond donors (Lipinski definition) is 2. The lowest BCUT2D eigenvalue weighted by atomic mass is 10.3. The Hall–Kier alpha value is -1.15. The Morgan fingerprint density at radius 2 is 2.25 bits per heavy atom. The molecule has 6 nitrogen and oxygen atoms in total. The van der Waals surface area contributed by atoms with E-state index in [1.165, 1.54) is 6.07 Å². The fraction of sp³-hybridized carbons (Fsp3) is 0.538. The van der Waals surface area contributed by atoms with Gasteiger partial charge in [-0.25, -0.2) is 13.1 Å². The van der Waals surface area contributed by atoms with Crippen molar-refractivity contribution in [3.8, 4) is 0 Å². The van der Waals surface area contributed by atoms with Crippen LogP contribution in [0, 0.1) is 0 Å². The highest BCUT2D eigenvalue weighted by atomic mass is 32.2. The van der Waals surface area contributed by atoms with Crippen LogP contribution in [0.5, 0.6) is 0 Å². The third kappa shape index (κ3) is 5.46. The van der Waals surface area contributed by atoms with Gasteiger partial charge in [-0.15, -0.1) is 6.58 Å². The Morgan fingerprint density at radius 3 is 2.90 bits per heavy atom. The molecule has 7 heteroatoms. The highest BCUT2D eigenvalue weighted by molar-refractivity contribution is 7.89. The van der Waals surface area contributed by atoms with E-state index in [9.17, 15) is 8.42 Å². The number of rotatable bonds is 10. The van der Waals surface area contributed by atoms with Crippen molar-refractivity contribution in [1.82, 2.24) is 10.0 Å². The number of methoxy groups -OCH3 is 1. The van der Waals surface area contributed by atoms with Gasteiger partial charge in [-0.05, 0) is 25.5 Å². The molecule has 114 valence electrons. The average molecular weight is 302 g/mol. The minimum absolute atomic E-state index is 0.0723. The molecular weight excluding hydrogens is 280 g/mol. The number of nitrogens with one attached hydrogen (secondary N) is 2. The van der Waals surface area contributed by atoms with E-state index in [0.717, 1.165) is 0 Å². The highest BCUT2D eigenvalue weighted by Crippen LogP contribution is 2.14. The Balaban J connectivity index is 2.58. The van der Waals surface area contributed by atoms with Crippen molar-refractivity contribution in [2.75, 3.05) is 20.3 Å². The van der Waals surface area contributed by atoms with Crippen LogP contribution in [0.2, 0.25) is 0 Å². The van der Waals surface area contributed by atoms with Crippen molar-refractivity contribution in [1.29, 1.82) is 0 Å². The molecule has 0 bridgehead atoms. The second-order valence-electron chi connectivity index (χ2n) is 4.44. The van der Waals surface area contributed by atoms with Crippen LogP contribution in [0.15, 0.2) is 34.3 Å². The molecule has 0 radical (unpaired) electrons. The predicted molar refractivity (Wildman–Crippen MR) is 76.9 cm³/mol. The molecule has 1 atom stereocenters. The zero-order chi connectivity index (χ0) is 15.0. The summed E-state index contributed by atoms with van der Waals surface area (Å²) in [6.45, 7) is 7.08. The van der Waals surface area contributed by atoms with Crippen LogP contribution in [0.4, 0.5) is 0 Å². The fourth-order valence-corrected chi connectivity index (χ4v) is 2.81. The van der Waals surface area contributed by atoms with Gasteiger partial charge in [-0.1, -0.05) is 6.08 Å². The lowest BCUT2D eigenvalue weighted by Gasteiger charge is -2.10. The first kappa shape index (κ1) is 16.9. The predicted octanol–water partition coefficient (Wildman–Crippen LogP) is 1.26. The van der Waals surface area contributed by atoms with Gasteiger partial charge in [-0.3, -0.25) is 0 Å². The fourth-order valence-electron chi connectivity index (χ4n) is 1.60. The minimum atomic E-state index is -3.61. The summed E-state index contributed by atoms with van der Waals surface area (Å²) in [5.74, 6) is 0.567. The summed E-state index contributed by atoms with van der Waals surface area (Å²) in [6, 6.07) is 2.88. The average Bonchev–Trinajstić information content (AvgIpc) is 2.84. The first-order valence-corrected chi connectivity index (χ1v) is 7.89. The third-order valence-corrected chi connectivity index (χ3v) is 4.02. The summed E-state index contributed by atoms with van der Waals surface area (Å²) in [5, 5.41) is 3.01. The molecule has 1 heterocycles. The van der Waals surface area contributed by atoms with Gasteiger partial charge in [0.05, 0.1) is 13.2 Å².